The second-order valence-electron chi connectivity index (χ2n) is 12.5. The van der Waals surface area contributed by atoms with Gasteiger partial charge in [0, 0.05) is 51.5 Å². The number of nitrogens with zero attached hydrogens (tertiary/aromatic N) is 3. The van der Waals surface area contributed by atoms with Crippen LogP contribution in [0.4, 0.5) is 9.18 Å². The van der Waals surface area contributed by atoms with Crippen LogP contribution >= 0.6 is 0 Å². The number of ether oxygens (including phenoxy) is 3. The van der Waals surface area contributed by atoms with Gasteiger partial charge in [-0.05, 0) is 88.2 Å². The maximum atomic E-state index is 14.7. The zero-order valence-corrected chi connectivity index (χ0v) is 26.6. The molecule has 3 fully saturated rings. The zero-order valence-electron chi connectivity index (χ0n) is 26.6. The van der Waals surface area contributed by atoms with Gasteiger partial charge in [-0.15, -0.1) is 0 Å². The molecule has 0 radical (unpaired) electrons. The summed E-state index contributed by atoms with van der Waals surface area (Å²) in [5, 5.41) is 2.97. The molecule has 0 spiro atoms. The molecule has 3 aliphatic rings. The topological polar surface area (TPSA) is 83.6 Å². The summed E-state index contributed by atoms with van der Waals surface area (Å²) < 4.78 is 31.5. The molecule has 0 saturated carbocycles. The van der Waals surface area contributed by atoms with Crippen molar-refractivity contribution in [2.75, 3.05) is 65.6 Å². The fraction of sp³-hybridized carbons (Fsp3) is 0.600. The SMILES string of the molecule is CCOc1cccc(F)c1CN1CCN(C(=O)[C@H](NC(=O)OCc2ccccc2)C2CCN(CCC3CCCOC3)CC2)CC1. The Morgan fingerprint density at radius 1 is 0.978 bits per heavy atom. The molecular weight excluding hydrogens is 575 g/mol. The number of hydrogen-bond donors (Lipinski definition) is 1. The smallest absolute Gasteiger partial charge is 0.408 e. The van der Waals surface area contributed by atoms with Gasteiger partial charge in [-0.3, -0.25) is 9.69 Å². The second kappa shape index (κ2) is 16.9. The first kappa shape index (κ1) is 33.2. The molecule has 1 unspecified atom stereocenters. The van der Waals surface area contributed by atoms with Gasteiger partial charge in [-0.2, -0.15) is 0 Å². The molecular formula is C35H49FN4O5. The van der Waals surface area contributed by atoms with E-state index >= 15 is 0 Å². The van der Waals surface area contributed by atoms with Crippen LogP contribution in [-0.2, 0) is 27.4 Å². The van der Waals surface area contributed by atoms with Gasteiger partial charge < -0.3 is 29.3 Å². The molecule has 45 heavy (non-hydrogen) atoms. The van der Waals surface area contributed by atoms with Gasteiger partial charge in [0.2, 0.25) is 5.91 Å². The molecule has 3 aliphatic heterocycles. The fourth-order valence-corrected chi connectivity index (χ4v) is 6.71. The van der Waals surface area contributed by atoms with Crippen molar-refractivity contribution >= 4 is 12.0 Å². The number of carbonyl (C=O) groups is 2. The highest BCUT2D eigenvalue weighted by Crippen LogP contribution is 2.26. The normalized spacial score (nSPS) is 20.8. The molecule has 0 bridgehead atoms. The minimum absolute atomic E-state index is 0.0289. The summed E-state index contributed by atoms with van der Waals surface area (Å²) in [6.07, 6.45) is 4.63. The number of rotatable bonds is 12. The van der Waals surface area contributed by atoms with Gasteiger partial charge in [-0.1, -0.05) is 36.4 Å². The van der Waals surface area contributed by atoms with E-state index in [-0.39, 0.29) is 24.2 Å². The number of piperazine rings is 1. The highest BCUT2D eigenvalue weighted by molar-refractivity contribution is 5.86. The van der Waals surface area contributed by atoms with Gasteiger partial charge in [0.25, 0.3) is 0 Å². The van der Waals surface area contributed by atoms with E-state index in [1.54, 1.807) is 12.1 Å². The van der Waals surface area contributed by atoms with Crippen molar-refractivity contribution in [3.05, 3.63) is 65.5 Å². The summed E-state index contributed by atoms with van der Waals surface area (Å²) in [6, 6.07) is 13.8. The summed E-state index contributed by atoms with van der Waals surface area (Å²) in [5.74, 6) is 0.879. The van der Waals surface area contributed by atoms with E-state index in [0.717, 1.165) is 64.1 Å². The fourth-order valence-electron chi connectivity index (χ4n) is 6.71. The summed E-state index contributed by atoms with van der Waals surface area (Å²) in [5.41, 5.74) is 1.44. The Morgan fingerprint density at radius 2 is 1.76 bits per heavy atom. The van der Waals surface area contributed by atoms with Crippen molar-refractivity contribution in [2.45, 2.75) is 58.2 Å². The standard InChI is InChI=1S/C35H49FN4O5/c1-2-44-32-12-6-11-31(36)30(32)24-39-19-21-40(22-20-39)34(41)33(37-35(42)45-26-27-8-4-3-5-9-27)29-14-17-38(18-15-29)16-13-28-10-7-23-43-25-28/h3-6,8-9,11-12,28-29,33H,2,7,10,13-26H2,1H3,(H,37,42)/t28?,33-/m1/s1. The Bertz CT molecular complexity index is 1210. The van der Waals surface area contributed by atoms with Crippen LogP contribution in [0.15, 0.2) is 48.5 Å². The van der Waals surface area contributed by atoms with Crippen LogP contribution < -0.4 is 10.1 Å². The van der Waals surface area contributed by atoms with Gasteiger partial charge >= 0.3 is 6.09 Å². The first-order valence-corrected chi connectivity index (χ1v) is 16.7. The average Bonchev–Trinajstić information content (AvgIpc) is 3.08. The second-order valence-corrected chi connectivity index (χ2v) is 12.5. The molecule has 246 valence electrons. The number of piperidine rings is 1. The summed E-state index contributed by atoms with van der Waals surface area (Å²) in [4.78, 5) is 33.5. The van der Waals surface area contributed by atoms with Gasteiger partial charge in [0.05, 0.1) is 6.61 Å². The minimum atomic E-state index is -0.648. The Morgan fingerprint density at radius 3 is 2.47 bits per heavy atom. The molecule has 2 aromatic carbocycles. The third kappa shape index (κ3) is 9.64. The van der Waals surface area contributed by atoms with E-state index in [9.17, 15) is 14.0 Å². The van der Waals surface area contributed by atoms with Crippen molar-refractivity contribution in [2.24, 2.45) is 11.8 Å². The molecule has 3 saturated heterocycles. The van der Waals surface area contributed by atoms with E-state index in [1.807, 2.05) is 42.2 Å². The third-order valence-electron chi connectivity index (χ3n) is 9.41. The van der Waals surface area contributed by atoms with Crippen molar-refractivity contribution in [3.63, 3.8) is 0 Å². The number of alkyl carbamates (subject to hydrolysis) is 1. The van der Waals surface area contributed by atoms with Crippen LogP contribution in [0.25, 0.3) is 0 Å². The number of halogens is 1. The largest absolute Gasteiger partial charge is 0.493 e. The molecule has 2 atom stereocenters. The molecule has 1 N–H and O–H groups in total. The number of benzene rings is 2. The zero-order chi connectivity index (χ0) is 31.4. The van der Waals surface area contributed by atoms with Crippen LogP contribution in [0.2, 0.25) is 0 Å². The molecule has 10 heteroatoms. The van der Waals surface area contributed by atoms with Crippen LogP contribution in [0, 0.1) is 17.7 Å². The first-order chi connectivity index (χ1) is 22.0. The van der Waals surface area contributed by atoms with E-state index in [2.05, 4.69) is 15.1 Å². The van der Waals surface area contributed by atoms with Crippen LogP contribution in [0.5, 0.6) is 5.75 Å². The number of hydrogen-bond acceptors (Lipinski definition) is 7. The highest BCUT2D eigenvalue weighted by atomic mass is 19.1. The Balaban J connectivity index is 1.17. The van der Waals surface area contributed by atoms with Crippen LogP contribution in [0.3, 0.4) is 0 Å². The first-order valence-electron chi connectivity index (χ1n) is 16.7. The predicted octanol–water partition coefficient (Wildman–Crippen LogP) is 4.69. The maximum Gasteiger partial charge on any atom is 0.408 e. The van der Waals surface area contributed by atoms with Gasteiger partial charge in [-0.25, -0.2) is 9.18 Å². The lowest BCUT2D eigenvalue weighted by atomic mass is 9.88. The molecule has 0 aliphatic carbocycles. The highest BCUT2D eigenvalue weighted by Gasteiger charge is 2.37. The summed E-state index contributed by atoms with van der Waals surface area (Å²) in [6.45, 7) is 9.76. The van der Waals surface area contributed by atoms with Crippen LogP contribution in [-0.4, -0.2) is 98.4 Å². The molecule has 2 amide bonds. The number of carbonyl (C=O) groups excluding carboxylic acids is 2. The average molecular weight is 625 g/mol. The Hall–Kier alpha value is -3.21. The third-order valence-corrected chi connectivity index (χ3v) is 9.41. The Kier molecular flexibility index (Phi) is 12.5. The molecule has 0 aromatic heterocycles. The molecule has 9 nitrogen and oxygen atoms in total. The summed E-state index contributed by atoms with van der Waals surface area (Å²) >= 11 is 0. The quantitative estimate of drug-likeness (QED) is 0.367. The van der Waals surface area contributed by atoms with E-state index < -0.39 is 12.1 Å². The number of nitrogens with one attached hydrogen (secondary N) is 1. The monoisotopic (exact) mass is 624 g/mol. The molecule has 3 heterocycles. The van der Waals surface area contributed by atoms with E-state index in [0.29, 0.717) is 56.6 Å². The predicted molar refractivity (Wildman–Crippen MR) is 170 cm³/mol. The van der Waals surface area contributed by atoms with Crippen molar-refractivity contribution in [3.8, 4) is 5.75 Å². The lowest BCUT2D eigenvalue weighted by molar-refractivity contribution is -0.137. The molecule has 5 rings (SSSR count). The van der Waals surface area contributed by atoms with E-state index in [4.69, 9.17) is 14.2 Å². The molecule has 2 aromatic rings. The number of likely N-dealkylation sites (tertiary alicyclic amines) is 1. The van der Waals surface area contributed by atoms with E-state index in [1.165, 1.54) is 12.5 Å². The lowest BCUT2D eigenvalue weighted by Crippen LogP contribution is -2.58. The van der Waals surface area contributed by atoms with Gasteiger partial charge in [0.1, 0.15) is 24.2 Å². The summed E-state index contributed by atoms with van der Waals surface area (Å²) in [7, 11) is 0. The minimum Gasteiger partial charge on any atom is -0.493 e. The number of amides is 2. The van der Waals surface area contributed by atoms with Crippen molar-refractivity contribution < 1.29 is 28.2 Å². The maximum absolute atomic E-state index is 14.7. The van der Waals surface area contributed by atoms with Crippen LogP contribution in [0.1, 0.15) is 50.2 Å². The van der Waals surface area contributed by atoms with Crippen molar-refractivity contribution in [1.29, 1.82) is 0 Å². The lowest BCUT2D eigenvalue weighted by Gasteiger charge is -2.40. The Labute approximate surface area is 267 Å². The van der Waals surface area contributed by atoms with Gasteiger partial charge in [0.15, 0.2) is 0 Å². The van der Waals surface area contributed by atoms with Crippen molar-refractivity contribution in [1.82, 2.24) is 20.0 Å².